The minimum atomic E-state index is 0.720. The lowest BCUT2D eigenvalue weighted by Crippen LogP contribution is -2.01. The fraction of sp³-hybridized carbons (Fsp3) is 0.238. The molecule has 3 aromatic carbocycles. The highest BCUT2D eigenvalue weighted by Gasteiger charge is 2.01. The van der Waals surface area contributed by atoms with Crippen LogP contribution in [0.5, 0.6) is 11.5 Å². The van der Waals surface area contributed by atoms with Crippen molar-refractivity contribution in [3.63, 3.8) is 0 Å². The Hall–Kier alpha value is -2.68. The second kappa shape index (κ2) is 8.25. The van der Waals surface area contributed by atoms with Crippen LogP contribution >= 0.6 is 0 Å². The molecule has 0 amide bonds. The predicted octanol–water partition coefficient (Wildman–Crippen LogP) is 5.05. The number of anilines is 1. The van der Waals surface area contributed by atoms with Gasteiger partial charge in [0.15, 0.2) is 0 Å². The molecule has 3 aromatic rings. The zero-order chi connectivity index (χ0) is 16.6. The number of rotatable bonds is 8. The molecule has 0 aromatic heterocycles. The molecule has 3 nitrogen and oxygen atoms in total. The standard InChI is InChI=1S/C21H23NO2/c22-18-11-13-19(14-12-18)23-15-4-1-5-16-24-21-10-6-8-17-7-2-3-9-20(17)21/h2-3,6-14H,1,4-5,15-16,22H2. The first kappa shape index (κ1) is 16.2. The summed E-state index contributed by atoms with van der Waals surface area (Å²) in [6, 6.07) is 22.0. The summed E-state index contributed by atoms with van der Waals surface area (Å²) in [5.74, 6) is 1.84. The molecule has 3 heteroatoms. The molecule has 0 atom stereocenters. The first-order valence-corrected chi connectivity index (χ1v) is 8.42. The number of nitrogens with two attached hydrogens (primary N) is 1. The summed E-state index contributed by atoms with van der Waals surface area (Å²) in [6.07, 6.45) is 3.12. The molecule has 2 N–H and O–H groups in total. The molecule has 0 aliphatic heterocycles. The summed E-state index contributed by atoms with van der Waals surface area (Å²) in [6.45, 7) is 1.45. The van der Waals surface area contributed by atoms with Crippen LogP contribution in [0.2, 0.25) is 0 Å². The quantitative estimate of drug-likeness (QED) is 0.466. The molecule has 0 radical (unpaired) electrons. The van der Waals surface area contributed by atoms with Gasteiger partial charge < -0.3 is 15.2 Å². The molecule has 0 unspecified atom stereocenters. The summed E-state index contributed by atoms with van der Waals surface area (Å²) in [7, 11) is 0. The maximum atomic E-state index is 5.94. The first-order valence-electron chi connectivity index (χ1n) is 8.42. The Morgan fingerprint density at radius 2 is 1.38 bits per heavy atom. The average molecular weight is 321 g/mol. The van der Waals surface area contributed by atoms with E-state index in [1.54, 1.807) is 0 Å². The average Bonchev–Trinajstić information content (AvgIpc) is 2.62. The molecular formula is C21H23NO2. The molecule has 0 spiro atoms. The van der Waals surface area contributed by atoms with Crippen LogP contribution in [0.1, 0.15) is 19.3 Å². The van der Waals surface area contributed by atoms with E-state index in [0.717, 1.165) is 49.7 Å². The summed E-state index contributed by atoms with van der Waals surface area (Å²) < 4.78 is 11.6. The summed E-state index contributed by atoms with van der Waals surface area (Å²) in [4.78, 5) is 0. The minimum Gasteiger partial charge on any atom is -0.494 e. The third-order valence-corrected chi connectivity index (χ3v) is 3.94. The van der Waals surface area contributed by atoms with Crippen molar-refractivity contribution in [3.05, 3.63) is 66.7 Å². The topological polar surface area (TPSA) is 44.5 Å². The Morgan fingerprint density at radius 3 is 2.21 bits per heavy atom. The van der Waals surface area contributed by atoms with E-state index in [0.29, 0.717) is 0 Å². The van der Waals surface area contributed by atoms with E-state index in [-0.39, 0.29) is 0 Å². The highest BCUT2D eigenvalue weighted by Crippen LogP contribution is 2.25. The number of unbranched alkanes of at least 4 members (excludes halogenated alkanes) is 2. The van der Waals surface area contributed by atoms with Gasteiger partial charge in [0.25, 0.3) is 0 Å². The van der Waals surface area contributed by atoms with E-state index in [1.165, 1.54) is 10.8 Å². The van der Waals surface area contributed by atoms with Gasteiger partial charge in [0.05, 0.1) is 13.2 Å². The van der Waals surface area contributed by atoms with Gasteiger partial charge in [0.2, 0.25) is 0 Å². The lowest BCUT2D eigenvalue weighted by atomic mass is 10.1. The van der Waals surface area contributed by atoms with Gasteiger partial charge in [0, 0.05) is 11.1 Å². The molecule has 0 saturated heterocycles. The molecule has 0 fully saturated rings. The maximum Gasteiger partial charge on any atom is 0.127 e. The van der Waals surface area contributed by atoms with Crippen molar-refractivity contribution in [1.29, 1.82) is 0 Å². The lowest BCUT2D eigenvalue weighted by Gasteiger charge is -2.09. The number of hydrogen-bond acceptors (Lipinski definition) is 3. The Bertz CT molecular complexity index is 763. The van der Waals surface area contributed by atoms with Crippen molar-refractivity contribution in [2.45, 2.75) is 19.3 Å². The fourth-order valence-corrected chi connectivity index (χ4v) is 2.64. The summed E-state index contributed by atoms with van der Waals surface area (Å²) in [5.41, 5.74) is 6.41. The van der Waals surface area contributed by atoms with Crippen molar-refractivity contribution in [3.8, 4) is 11.5 Å². The van der Waals surface area contributed by atoms with Gasteiger partial charge in [-0.2, -0.15) is 0 Å². The van der Waals surface area contributed by atoms with Gasteiger partial charge >= 0.3 is 0 Å². The van der Waals surface area contributed by atoms with E-state index in [9.17, 15) is 0 Å². The number of hydrogen-bond donors (Lipinski definition) is 1. The van der Waals surface area contributed by atoms with Crippen LogP contribution in [0.3, 0.4) is 0 Å². The SMILES string of the molecule is Nc1ccc(OCCCCCOc2cccc3ccccc23)cc1. The monoisotopic (exact) mass is 321 g/mol. The third-order valence-electron chi connectivity index (χ3n) is 3.94. The summed E-state index contributed by atoms with van der Waals surface area (Å²) in [5, 5.41) is 2.39. The predicted molar refractivity (Wildman–Crippen MR) is 99.6 cm³/mol. The zero-order valence-corrected chi connectivity index (χ0v) is 13.8. The second-order valence-electron chi connectivity index (χ2n) is 5.80. The van der Waals surface area contributed by atoms with Crippen LogP contribution in [0, 0.1) is 0 Å². The van der Waals surface area contributed by atoms with Crippen LogP contribution in [0.25, 0.3) is 10.8 Å². The van der Waals surface area contributed by atoms with Gasteiger partial charge in [-0.05, 0) is 55.0 Å². The van der Waals surface area contributed by atoms with Gasteiger partial charge in [-0.15, -0.1) is 0 Å². The molecular weight excluding hydrogens is 298 g/mol. The molecule has 3 rings (SSSR count). The first-order chi connectivity index (χ1) is 11.8. The zero-order valence-electron chi connectivity index (χ0n) is 13.8. The molecule has 0 saturated carbocycles. The van der Waals surface area contributed by atoms with Crippen molar-refractivity contribution in [2.24, 2.45) is 0 Å². The molecule has 0 bridgehead atoms. The van der Waals surface area contributed by atoms with Crippen molar-refractivity contribution in [1.82, 2.24) is 0 Å². The van der Waals surface area contributed by atoms with Crippen LogP contribution in [-0.4, -0.2) is 13.2 Å². The van der Waals surface area contributed by atoms with E-state index in [1.807, 2.05) is 48.5 Å². The fourth-order valence-electron chi connectivity index (χ4n) is 2.64. The molecule has 124 valence electrons. The maximum absolute atomic E-state index is 5.94. The van der Waals surface area contributed by atoms with Gasteiger partial charge in [-0.25, -0.2) is 0 Å². The number of fused-ring (bicyclic) bond motifs is 1. The van der Waals surface area contributed by atoms with Crippen LogP contribution in [0.4, 0.5) is 5.69 Å². The third kappa shape index (κ3) is 4.42. The largest absolute Gasteiger partial charge is 0.494 e. The van der Waals surface area contributed by atoms with E-state index < -0.39 is 0 Å². The van der Waals surface area contributed by atoms with Crippen LogP contribution in [-0.2, 0) is 0 Å². The van der Waals surface area contributed by atoms with Crippen molar-refractivity contribution < 1.29 is 9.47 Å². The number of benzene rings is 3. The van der Waals surface area contributed by atoms with E-state index in [2.05, 4.69) is 18.2 Å². The molecule has 0 aliphatic rings. The Balaban J connectivity index is 1.36. The van der Waals surface area contributed by atoms with Gasteiger partial charge in [-0.3, -0.25) is 0 Å². The van der Waals surface area contributed by atoms with E-state index >= 15 is 0 Å². The van der Waals surface area contributed by atoms with E-state index in [4.69, 9.17) is 15.2 Å². The van der Waals surface area contributed by atoms with Gasteiger partial charge in [-0.1, -0.05) is 36.4 Å². The van der Waals surface area contributed by atoms with Gasteiger partial charge in [0.1, 0.15) is 11.5 Å². The lowest BCUT2D eigenvalue weighted by molar-refractivity contribution is 0.281. The van der Waals surface area contributed by atoms with Crippen molar-refractivity contribution >= 4 is 16.5 Å². The normalized spacial score (nSPS) is 10.7. The molecule has 0 aliphatic carbocycles. The highest BCUT2D eigenvalue weighted by atomic mass is 16.5. The Labute approximate surface area is 143 Å². The molecule has 0 heterocycles. The Morgan fingerprint density at radius 1 is 0.667 bits per heavy atom. The molecule has 24 heavy (non-hydrogen) atoms. The minimum absolute atomic E-state index is 0.720. The summed E-state index contributed by atoms with van der Waals surface area (Å²) >= 11 is 0. The second-order valence-corrected chi connectivity index (χ2v) is 5.80. The number of nitrogen functional groups attached to an aromatic ring is 1. The number of ether oxygens (including phenoxy) is 2. The van der Waals surface area contributed by atoms with Crippen LogP contribution in [0.15, 0.2) is 66.7 Å². The van der Waals surface area contributed by atoms with Crippen molar-refractivity contribution in [2.75, 3.05) is 18.9 Å². The smallest absolute Gasteiger partial charge is 0.127 e. The van der Waals surface area contributed by atoms with Crippen LogP contribution < -0.4 is 15.2 Å². The Kier molecular flexibility index (Phi) is 5.56. The highest BCUT2D eigenvalue weighted by molar-refractivity contribution is 5.88.